The van der Waals surface area contributed by atoms with E-state index in [1.165, 1.54) is 6.08 Å². The van der Waals surface area contributed by atoms with E-state index in [0.717, 1.165) is 42.3 Å². The Morgan fingerprint density at radius 2 is 1.85 bits per heavy atom. The van der Waals surface area contributed by atoms with E-state index in [0.29, 0.717) is 35.6 Å². The third-order valence-corrected chi connectivity index (χ3v) is 5.46. The van der Waals surface area contributed by atoms with Crippen molar-refractivity contribution in [3.63, 3.8) is 0 Å². The van der Waals surface area contributed by atoms with Crippen LogP contribution in [0.1, 0.15) is 26.2 Å². The third kappa shape index (κ3) is 8.41. The summed E-state index contributed by atoms with van der Waals surface area (Å²) < 4.78 is 13.3. The Morgan fingerprint density at radius 3 is 2.49 bits per heavy atom. The molecule has 1 amide bonds. The Labute approximate surface area is 228 Å². The fourth-order valence-electron chi connectivity index (χ4n) is 3.49. The van der Waals surface area contributed by atoms with Gasteiger partial charge in [-0.3, -0.25) is 4.79 Å². The van der Waals surface area contributed by atoms with Crippen LogP contribution in [0.4, 0.5) is 23.0 Å². The smallest absolute Gasteiger partial charge is 0.247 e. The number of aromatic nitrogens is 3. The quantitative estimate of drug-likeness (QED) is 0.114. The molecule has 0 spiro atoms. The molecule has 2 aromatic heterocycles. The second-order valence-electron chi connectivity index (χ2n) is 8.38. The van der Waals surface area contributed by atoms with Gasteiger partial charge in [0.25, 0.3) is 0 Å². The van der Waals surface area contributed by atoms with Gasteiger partial charge in [0.15, 0.2) is 5.65 Å². The molecule has 4 rings (SSSR count). The second kappa shape index (κ2) is 14.9. The Balaban J connectivity index is 0.000000631. The van der Waals surface area contributed by atoms with E-state index in [1.807, 2.05) is 48.1 Å². The number of hydrogen-bond donors (Lipinski definition) is 3. The van der Waals surface area contributed by atoms with Crippen LogP contribution in [0.25, 0.3) is 11.0 Å². The zero-order chi connectivity index (χ0) is 28.0. The lowest BCUT2D eigenvalue weighted by Gasteiger charge is -2.12. The average Bonchev–Trinajstić information content (AvgIpc) is 3.36. The number of rotatable bonds is 12. The molecule has 3 N–H and O–H groups in total. The number of nitrogens with zero attached hydrogens (tertiary/aromatic N) is 3. The van der Waals surface area contributed by atoms with Crippen molar-refractivity contribution in [1.82, 2.24) is 14.5 Å². The molecule has 0 radical (unpaired) electrons. The minimum Gasteiger partial charge on any atom is -0.438 e. The number of hydrogen-bond acceptors (Lipinski definition) is 8. The van der Waals surface area contributed by atoms with Crippen molar-refractivity contribution in [2.45, 2.75) is 32.9 Å². The zero-order valence-corrected chi connectivity index (χ0v) is 22.4. The molecule has 10 heteroatoms. The Morgan fingerprint density at radius 1 is 1.08 bits per heavy atom. The SMILES string of the molecule is C=CC(=O)Nc1cccc(Oc2nc(Nc3ccc(NC)cc3)nc3c2ccn3COC)c1.CCCCC=O. The molecule has 39 heavy (non-hydrogen) atoms. The highest BCUT2D eigenvalue weighted by molar-refractivity contribution is 5.99. The van der Waals surface area contributed by atoms with Crippen LogP contribution < -0.4 is 20.7 Å². The fourth-order valence-corrected chi connectivity index (χ4v) is 3.49. The molecule has 0 bridgehead atoms. The summed E-state index contributed by atoms with van der Waals surface area (Å²) in [5, 5.41) is 9.76. The summed E-state index contributed by atoms with van der Waals surface area (Å²) in [6.07, 6.45) is 6.94. The van der Waals surface area contributed by atoms with Crippen LogP contribution in [0.5, 0.6) is 11.6 Å². The molecule has 0 saturated carbocycles. The number of nitrogens with one attached hydrogen (secondary N) is 3. The maximum Gasteiger partial charge on any atom is 0.247 e. The van der Waals surface area contributed by atoms with Crippen LogP contribution in [-0.2, 0) is 21.1 Å². The number of benzene rings is 2. The van der Waals surface area contributed by atoms with Gasteiger partial charge in [-0.25, -0.2) is 0 Å². The minimum atomic E-state index is -0.302. The van der Waals surface area contributed by atoms with Crippen molar-refractivity contribution >= 4 is 46.2 Å². The van der Waals surface area contributed by atoms with Crippen LogP contribution in [0.15, 0.2) is 73.4 Å². The number of aldehydes is 1. The lowest BCUT2D eigenvalue weighted by molar-refractivity contribution is -0.112. The molecule has 0 atom stereocenters. The molecule has 4 aromatic rings. The summed E-state index contributed by atoms with van der Waals surface area (Å²) in [6, 6.07) is 16.7. The molecule has 0 aliphatic rings. The van der Waals surface area contributed by atoms with Crippen LogP contribution in [0, 0.1) is 0 Å². The molecular formula is C29H34N6O4. The number of carbonyl (C=O) groups excluding carboxylic acids is 2. The van der Waals surface area contributed by atoms with Gasteiger partial charge in [0.2, 0.25) is 17.7 Å². The first kappa shape index (κ1) is 28.9. The van der Waals surface area contributed by atoms with E-state index in [9.17, 15) is 9.59 Å². The topological polar surface area (TPSA) is 119 Å². The van der Waals surface area contributed by atoms with Crippen molar-refractivity contribution in [3.8, 4) is 11.6 Å². The first-order valence-electron chi connectivity index (χ1n) is 12.6. The number of amides is 1. The lowest BCUT2D eigenvalue weighted by Crippen LogP contribution is -2.07. The van der Waals surface area contributed by atoms with Gasteiger partial charge in [0.1, 0.15) is 18.8 Å². The first-order valence-corrected chi connectivity index (χ1v) is 12.6. The number of carbonyl (C=O) groups is 2. The summed E-state index contributed by atoms with van der Waals surface area (Å²) in [4.78, 5) is 30.5. The molecule has 0 aliphatic carbocycles. The van der Waals surface area contributed by atoms with E-state index in [2.05, 4.69) is 39.4 Å². The van der Waals surface area contributed by atoms with Crippen molar-refractivity contribution < 1.29 is 19.1 Å². The van der Waals surface area contributed by atoms with Gasteiger partial charge in [-0.05, 0) is 55.0 Å². The van der Waals surface area contributed by atoms with Crippen LogP contribution in [-0.4, -0.2) is 40.9 Å². The fraction of sp³-hybridized carbons (Fsp3) is 0.241. The summed E-state index contributed by atoms with van der Waals surface area (Å²) in [6.45, 7) is 5.87. The van der Waals surface area contributed by atoms with Gasteiger partial charge < -0.3 is 34.8 Å². The Bertz CT molecular complexity index is 1380. The predicted molar refractivity (Wildman–Crippen MR) is 155 cm³/mol. The van der Waals surface area contributed by atoms with Gasteiger partial charge in [-0.1, -0.05) is 26.0 Å². The Hall–Kier alpha value is -4.70. The standard InChI is InChI=1S/C24H24N6O3.C5H10O/c1-4-21(31)26-18-6-5-7-19(14-18)33-23-20-12-13-30(15-32-3)22(20)28-24(29-23)27-17-10-8-16(25-2)9-11-17;1-2-3-4-5-6/h4-14,25H,1,15H2,2-3H3,(H,26,31)(H,27,28,29);5H,2-4H2,1H3. The summed E-state index contributed by atoms with van der Waals surface area (Å²) in [7, 11) is 3.49. The molecule has 10 nitrogen and oxygen atoms in total. The van der Waals surface area contributed by atoms with Gasteiger partial charge >= 0.3 is 0 Å². The number of unbranched alkanes of at least 4 members (excludes halogenated alkanes) is 2. The zero-order valence-electron chi connectivity index (χ0n) is 22.4. The summed E-state index contributed by atoms with van der Waals surface area (Å²) in [5.74, 6) is 0.961. The molecule has 0 aliphatic heterocycles. The molecular weight excluding hydrogens is 496 g/mol. The van der Waals surface area contributed by atoms with E-state index in [-0.39, 0.29) is 5.91 Å². The van der Waals surface area contributed by atoms with Crippen LogP contribution in [0.3, 0.4) is 0 Å². The average molecular weight is 531 g/mol. The van der Waals surface area contributed by atoms with Crippen molar-refractivity contribution in [1.29, 1.82) is 0 Å². The normalized spacial score (nSPS) is 10.2. The predicted octanol–water partition coefficient (Wildman–Crippen LogP) is 6.11. The first-order chi connectivity index (χ1) is 19.0. The maximum absolute atomic E-state index is 11.6. The lowest BCUT2D eigenvalue weighted by atomic mass is 10.3. The molecule has 0 saturated heterocycles. The maximum atomic E-state index is 11.6. The molecule has 204 valence electrons. The van der Waals surface area contributed by atoms with Gasteiger partial charge in [-0.15, -0.1) is 0 Å². The van der Waals surface area contributed by atoms with Gasteiger partial charge in [0, 0.05) is 49.9 Å². The van der Waals surface area contributed by atoms with E-state index >= 15 is 0 Å². The Kier molecular flexibility index (Phi) is 11.0. The summed E-state index contributed by atoms with van der Waals surface area (Å²) in [5.41, 5.74) is 3.08. The largest absolute Gasteiger partial charge is 0.438 e. The van der Waals surface area contributed by atoms with Crippen molar-refractivity contribution in [2.24, 2.45) is 0 Å². The minimum absolute atomic E-state index is 0.302. The molecule has 2 aromatic carbocycles. The van der Waals surface area contributed by atoms with E-state index in [1.54, 1.807) is 31.4 Å². The number of ether oxygens (including phenoxy) is 2. The monoisotopic (exact) mass is 530 g/mol. The van der Waals surface area contributed by atoms with Crippen molar-refractivity contribution in [3.05, 3.63) is 73.4 Å². The highest BCUT2D eigenvalue weighted by Crippen LogP contribution is 2.31. The van der Waals surface area contributed by atoms with Crippen molar-refractivity contribution in [2.75, 3.05) is 30.1 Å². The van der Waals surface area contributed by atoms with E-state index in [4.69, 9.17) is 9.47 Å². The van der Waals surface area contributed by atoms with Gasteiger partial charge in [-0.2, -0.15) is 9.97 Å². The highest BCUT2D eigenvalue weighted by Gasteiger charge is 2.15. The third-order valence-electron chi connectivity index (χ3n) is 5.46. The molecule has 2 heterocycles. The summed E-state index contributed by atoms with van der Waals surface area (Å²) >= 11 is 0. The van der Waals surface area contributed by atoms with E-state index < -0.39 is 0 Å². The van der Waals surface area contributed by atoms with Gasteiger partial charge in [0.05, 0.1) is 5.39 Å². The second-order valence-corrected chi connectivity index (χ2v) is 8.38. The van der Waals surface area contributed by atoms with Crippen LogP contribution >= 0.6 is 0 Å². The molecule has 0 unspecified atom stereocenters. The van der Waals surface area contributed by atoms with Crippen LogP contribution in [0.2, 0.25) is 0 Å². The highest BCUT2D eigenvalue weighted by atomic mass is 16.5. The number of anilines is 4. The number of fused-ring (bicyclic) bond motifs is 1. The number of methoxy groups -OCH3 is 1. The molecule has 0 fully saturated rings.